The Kier molecular flexibility index (Phi) is 9.47. The molecular weight excluding hydrogens is 438 g/mol. The van der Waals surface area contributed by atoms with E-state index in [4.69, 9.17) is 15.2 Å². The Bertz CT molecular complexity index is 1070. The molecule has 0 saturated heterocycles. The van der Waals surface area contributed by atoms with Crippen LogP contribution in [0.4, 0.5) is 11.5 Å². The molecule has 0 aliphatic carbocycles. The maximum atomic E-state index is 12.9. The quantitative estimate of drug-likeness (QED) is 0.364. The van der Waals surface area contributed by atoms with Crippen LogP contribution in [0.5, 0.6) is 0 Å². The summed E-state index contributed by atoms with van der Waals surface area (Å²) in [5.74, 6) is -1.56. The number of nitrogens with one attached hydrogen (secondary N) is 1. The van der Waals surface area contributed by atoms with Crippen LogP contribution in [-0.4, -0.2) is 59.5 Å². The smallest absolute Gasteiger partial charge is 0.341 e. The van der Waals surface area contributed by atoms with Gasteiger partial charge in [-0.25, -0.2) is 14.6 Å². The summed E-state index contributed by atoms with van der Waals surface area (Å²) in [7, 11) is 1.44. The van der Waals surface area contributed by atoms with E-state index < -0.39 is 29.7 Å². The molecule has 174 valence electrons. The Hall–Kier alpha value is -3.12. The van der Waals surface area contributed by atoms with E-state index in [1.54, 1.807) is 24.6 Å². The van der Waals surface area contributed by atoms with E-state index in [0.29, 0.717) is 11.4 Å². The first-order chi connectivity index (χ1) is 15.3. The van der Waals surface area contributed by atoms with Gasteiger partial charge in [0, 0.05) is 26.4 Å². The number of pyridine rings is 1. The third-order valence-corrected chi connectivity index (χ3v) is 5.26. The second-order valence-electron chi connectivity index (χ2n) is 6.67. The standard InChI is InChI=1S/C20H27N5O6S/c1-4-5-9-25-16(21)15(17(27)23-20(25)29)24(10-11-30-2)14(26)12-31-19(28)13-7-6-8-22-18(13)32-3/h6-8H,4-5,9-12,21H2,1-3H3,(H,23,27,29). The van der Waals surface area contributed by atoms with Crippen molar-refractivity contribution >= 4 is 35.1 Å². The molecule has 2 aromatic rings. The Morgan fingerprint density at radius 2 is 2.09 bits per heavy atom. The summed E-state index contributed by atoms with van der Waals surface area (Å²) in [6, 6.07) is 3.13. The van der Waals surface area contributed by atoms with Crippen molar-refractivity contribution < 1.29 is 19.1 Å². The minimum Gasteiger partial charge on any atom is -0.452 e. The minimum absolute atomic E-state index is 0.0326. The van der Waals surface area contributed by atoms with Crippen LogP contribution in [0.25, 0.3) is 0 Å². The zero-order valence-corrected chi connectivity index (χ0v) is 19.1. The zero-order valence-electron chi connectivity index (χ0n) is 18.3. The number of nitrogens with two attached hydrogens (primary N) is 1. The summed E-state index contributed by atoms with van der Waals surface area (Å²) in [5.41, 5.74) is 4.68. The summed E-state index contributed by atoms with van der Waals surface area (Å²) < 4.78 is 11.4. The molecule has 2 aromatic heterocycles. The lowest BCUT2D eigenvalue weighted by Crippen LogP contribution is -2.44. The fourth-order valence-electron chi connectivity index (χ4n) is 2.91. The molecule has 12 heteroatoms. The average Bonchev–Trinajstić information content (AvgIpc) is 2.79. The van der Waals surface area contributed by atoms with Crippen molar-refractivity contribution in [3.05, 3.63) is 44.7 Å². The summed E-state index contributed by atoms with van der Waals surface area (Å²) in [4.78, 5) is 57.4. The molecule has 2 heterocycles. The second-order valence-corrected chi connectivity index (χ2v) is 7.47. The van der Waals surface area contributed by atoms with Crippen LogP contribution in [0.2, 0.25) is 0 Å². The molecule has 0 aliphatic heterocycles. The van der Waals surface area contributed by atoms with E-state index >= 15 is 0 Å². The molecule has 1 amide bonds. The number of thioether (sulfide) groups is 1. The molecule has 0 aliphatic rings. The van der Waals surface area contributed by atoms with Gasteiger partial charge in [0.1, 0.15) is 10.8 Å². The van der Waals surface area contributed by atoms with E-state index in [1.807, 2.05) is 6.92 Å². The normalized spacial score (nSPS) is 10.7. The fraction of sp³-hybridized carbons (Fsp3) is 0.450. The molecule has 0 atom stereocenters. The average molecular weight is 466 g/mol. The van der Waals surface area contributed by atoms with E-state index in [-0.39, 0.29) is 36.8 Å². The van der Waals surface area contributed by atoms with Crippen LogP contribution in [0, 0.1) is 0 Å². The predicted octanol–water partition coefficient (Wildman–Crippen LogP) is 0.872. The highest BCUT2D eigenvalue weighted by atomic mass is 32.2. The number of esters is 1. The Labute approximate surface area is 188 Å². The van der Waals surface area contributed by atoms with Gasteiger partial charge >= 0.3 is 11.7 Å². The highest BCUT2D eigenvalue weighted by molar-refractivity contribution is 7.98. The molecule has 0 radical (unpaired) electrons. The summed E-state index contributed by atoms with van der Waals surface area (Å²) in [6.45, 7) is 1.64. The first kappa shape index (κ1) is 25.1. The molecule has 0 bridgehead atoms. The number of carbonyl (C=O) groups is 2. The Morgan fingerprint density at radius 1 is 1.34 bits per heavy atom. The van der Waals surface area contributed by atoms with Crippen molar-refractivity contribution in [3.8, 4) is 0 Å². The van der Waals surface area contributed by atoms with E-state index in [2.05, 4.69) is 9.97 Å². The minimum atomic E-state index is -0.812. The van der Waals surface area contributed by atoms with Crippen molar-refractivity contribution in [2.45, 2.75) is 31.3 Å². The van der Waals surface area contributed by atoms with Crippen molar-refractivity contribution in [3.63, 3.8) is 0 Å². The molecule has 11 nitrogen and oxygen atoms in total. The van der Waals surface area contributed by atoms with Crippen LogP contribution in [0.1, 0.15) is 30.1 Å². The number of methoxy groups -OCH3 is 1. The van der Waals surface area contributed by atoms with Crippen molar-refractivity contribution in [2.24, 2.45) is 0 Å². The Morgan fingerprint density at radius 3 is 2.75 bits per heavy atom. The summed E-state index contributed by atoms with van der Waals surface area (Å²) in [6.07, 6.45) is 4.76. The number of anilines is 2. The first-order valence-electron chi connectivity index (χ1n) is 9.93. The molecule has 0 saturated carbocycles. The maximum absolute atomic E-state index is 12.9. The van der Waals surface area contributed by atoms with Crippen LogP contribution in [0.3, 0.4) is 0 Å². The number of H-pyrrole nitrogens is 1. The molecule has 0 unspecified atom stereocenters. The van der Waals surface area contributed by atoms with Crippen LogP contribution in [0.15, 0.2) is 32.9 Å². The number of hydrogen-bond acceptors (Lipinski definition) is 9. The number of nitrogen functional groups attached to an aromatic ring is 1. The number of ether oxygens (including phenoxy) is 2. The van der Waals surface area contributed by atoms with Gasteiger partial charge in [0.05, 0.1) is 12.2 Å². The van der Waals surface area contributed by atoms with Crippen LogP contribution < -0.4 is 21.9 Å². The molecule has 0 aromatic carbocycles. The highest BCUT2D eigenvalue weighted by Gasteiger charge is 2.25. The van der Waals surface area contributed by atoms with Gasteiger partial charge in [-0.15, -0.1) is 11.8 Å². The number of aromatic amines is 1. The lowest BCUT2D eigenvalue weighted by atomic mass is 10.3. The van der Waals surface area contributed by atoms with Crippen molar-refractivity contribution in [1.82, 2.24) is 14.5 Å². The van der Waals surface area contributed by atoms with Crippen molar-refractivity contribution in [1.29, 1.82) is 0 Å². The van der Waals surface area contributed by atoms with Gasteiger partial charge in [-0.2, -0.15) is 0 Å². The van der Waals surface area contributed by atoms with Gasteiger partial charge in [0.2, 0.25) is 0 Å². The van der Waals surface area contributed by atoms with Crippen LogP contribution >= 0.6 is 11.8 Å². The largest absolute Gasteiger partial charge is 0.452 e. The number of amides is 1. The van der Waals surface area contributed by atoms with E-state index in [0.717, 1.165) is 11.3 Å². The van der Waals surface area contributed by atoms with Gasteiger partial charge in [-0.1, -0.05) is 13.3 Å². The topological polar surface area (TPSA) is 150 Å². The van der Waals surface area contributed by atoms with Gasteiger partial charge in [0.25, 0.3) is 11.5 Å². The van der Waals surface area contributed by atoms with E-state index in [9.17, 15) is 19.2 Å². The van der Waals surface area contributed by atoms with Gasteiger partial charge in [0.15, 0.2) is 12.3 Å². The SMILES string of the molecule is CCCCn1c(N)c(N(CCOC)C(=O)COC(=O)c2cccnc2SC)c(=O)[nH]c1=O. The molecule has 3 N–H and O–H groups in total. The summed E-state index contributed by atoms with van der Waals surface area (Å²) in [5, 5.41) is 0.463. The lowest BCUT2D eigenvalue weighted by Gasteiger charge is -2.24. The fourth-order valence-corrected chi connectivity index (χ4v) is 3.45. The Balaban J connectivity index is 2.32. The number of hydrogen-bond donors (Lipinski definition) is 2. The van der Waals surface area contributed by atoms with Gasteiger partial charge in [-0.3, -0.25) is 24.0 Å². The third kappa shape index (κ3) is 5.98. The molecule has 0 spiro atoms. The predicted molar refractivity (Wildman–Crippen MR) is 121 cm³/mol. The molecular formula is C20H27N5O6S. The maximum Gasteiger partial charge on any atom is 0.341 e. The van der Waals surface area contributed by atoms with Gasteiger partial charge < -0.3 is 15.2 Å². The first-order valence-corrected chi connectivity index (χ1v) is 11.2. The van der Waals surface area contributed by atoms with Crippen LogP contribution in [-0.2, 0) is 20.8 Å². The molecule has 32 heavy (non-hydrogen) atoms. The second kappa shape index (κ2) is 12.1. The number of carbonyl (C=O) groups excluding carboxylic acids is 2. The monoisotopic (exact) mass is 465 g/mol. The summed E-state index contributed by atoms with van der Waals surface area (Å²) >= 11 is 1.27. The lowest BCUT2D eigenvalue weighted by molar-refractivity contribution is -0.121. The zero-order chi connectivity index (χ0) is 23.7. The van der Waals surface area contributed by atoms with Gasteiger partial charge in [-0.05, 0) is 24.8 Å². The van der Waals surface area contributed by atoms with E-state index in [1.165, 1.54) is 23.4 Å². The molecule has 2 rings (SSSR count). The van der Waals surface area contributed by atoms with Crippen molar-refractivity contribution in [2.75, 3.05) is 43.8 Å². The highest BCUT2D eigenvalue weighted by Crippen LogP contribution is 2.19. The number of nitrogens with zero attached hydrogens (tertiary/aromatic N) is 3. The third-order valence-electron chi connectivity index (χ3n) is 4.55. The number of unbranched alkanes of at least 4 members (excludes halogenated alkanes) is 1. The molecule has 0 fully saturated rings. The number of aromatic nitrogens is 3. The number of rotatable bonds is 11.